The molecule has 3 heterocycles. The number of benzene rings is 2. The number of hydrogen-bond donors (Lipinski definition) is 2. The van der Waals surface area contributed by atoms with E-state index < -0.39 is 29.8 Å². The summed E-state index contributed by atoms with van der Waals surface area (Å²) in [4.78, 5) is 22.4. The molecule has 0 bridgehead atoms. The van der Waals surface area contributed by atoms with Crippen LogP contribution in [0.15, 0.2) is 79.1 Å². The Balaban J connectivity index is 1.71. The Labute approximate surface area is 232 Å². The summed E-state index contributed by atoms with van der Waals surface area (Å²) in [6.45, 7) is 2.99. The van der Waals surface area contributed by atoms with Gasteiger partial charge in [0.05, 0.1) is 29.1 Å². The van der Waals surface area contributed by atoms with Crippen molar-refractivity contribution >= 4 is 23.2 Å². The van der Waals surface area contributed by atoms with Crippen LogP contribution in [0.3, 0.4) is 0 Å². The number of hydrogen-bond acceptors (Lipinski definition) is 5. The number of carbonyl (C=O) groups excluding carboxylic acids is 1. The summed E-state index contributed by atoms with van der Waals surface area (Å²) in [5.41, 5.74) is 0.891. The van der Waals surface area contributed by atoms with Crippen molar-refractivity contribution in [3.05, 3.63) is 107 Å². The van der Waals surface area contributed by atoms with Gasteiger partial charge in [0.25, 0.3) is 5.91 Å². The van der Waals surface area contributed by atoms with E-state index >= 15 is 0 Å². The third-order valence-corrected chi connectivity index (χ3v) is 6.80. The molecular weight excluding hydrogens is 543 g/mol. The van der Waals surface area contributed by atoms with Crippen molar-refractivity contribution in [2.45, 2.75) is 32.2 Å². The van der Waals surface area contributed by atoms with Gasteiger partial charge >= 0.3 is 6.18 Å². The zero-order valence-corrected chi connectivity index (χ0v) is 22.1. The van der Waals surface area contributed by atoms with Gasteiger partial charge in [-0.25, -0.2) is 9.50 Å². The lowest BCUT2D eigenvalue weighted by Gasteiger charge is -2.25. The molecule has 5 rings (SSSR count). The van der Waals surface area contributed by atoms with E-state index in [4.69, 9.17) is 11.6 Å². The lowest BCUT2D eigenvalue weighted by atomic mass is 9.98. The van der Waals surface area contributed by atoms with Crippen LogP contribution in [0.25, 0.3) is 28.0 Å². The summed E-state index contributed by atoms with van der Waals surface area (Å²) in [5, 5.41) is 18.0. The number of alkyl halides is 3. The highest BCUT2D eigenvalue weighted by molar-refractivity contribution is 6.33. The topological polar surface area (TPSA) is 92.4 Å². The van der Waals surface area contributed by atoms with Crippen LogP contribution in [-0.4, -0.2) is 30.6 Å². The van der Waals surface area contributed by atoms with Gasteiger partial charge in [-0.3, -0.25) is 9.78 Å². The predicted molar refractivity (Wildman–Crippen MR) is 145 cm³/mol. The van der Waals surface area contributed by atoms with Crippen LogP contribution < -0.4 is 5.32 Å². The normalized spacial score (nSPS) is 12.1. The lowest BCUT2D eigenvalue weighted by molar-refractivity contribution is -0.137. The molecule has 11 heteroatoms. The van der Waals surface area contributed by atoms with Crippen LogP contribution in [0.2, 0.25) is 5.02 Å². The predicted octanol–water partition coefficient (Wildman–Crippen LogP) is 6.29. The maximum Gasteiger partial charge on any atom is 0.416 e. The Hall–Kier alpha value is -4.28. The standard InChI is InChI=1S/C29H23ClF3N5O2/c1-28(2,23-9-5-6-14-34-23)36-27(40)24-22(16-39)37-38-25(17-10-12-18(13-11-17)29(31,32)33)20(15-35-26(24)38)19-7-3-4-8-21(19)30/h3-15,39H,16H2,1-2H3,(H,36,40). The first-order valence-corrected chi connectivity index (χ1v) is 12.6. The molecule has 40 heavy (non-hydrogen) atoms. The minimum atomic E-state index is -4.51. The molecule has 0 fully saturated rings. The van der Waals surface area contributed by atoms with Crippen molar-refractivity contribution in [1.82, 2.24) is 24.9 Å². The van der Waals surface area contributed by atoms with Gasteiger partial charge in [0, 0.05) is 34.1 Å². The van der Waals surface area contributed by atoms with Gasteiger partial charge in [-0.05, 0) is 44.2 Å². The molecule has 5 aromatic rings. The van der Waals surface area contributed by atoms with Crippen LogP contribution >= 0.6 is 11.6 Å². The van der Waals surface area contributed by atoms with Gasteiger partial charge in [-0.1, -0.05) is 48.0 Å². The minimum Gasteiger partial charge on any atom is -0.390 e. The summed E-state index contributed by atoms with van der Waals surface area (Å²) in [5.74, 6) is -0.550. The molecular formula is C29H23ClF3N5O2. The van der Waals surface area contributed by atoms with Crippen molar-refractivity contribution in [2.75, 3.05) is 0 Å². The third kappa shape index (κ3) is 5.03. The molecule has 204 valence electrons. The molecule has 0 saturated carbocycles. The van der Waals surface area contributed by atoms with E-state index in [1.807, 2.05) is 0 Å². The van der Waals surface area contributed by atoms with Gasteiger partial charge in [0.2, 0.25) is 0 Å². The fraction of sp³-hybridized carbons (Fsp3) is 0.172. The number of rotatable bonds is 6. The Kier molecular flexibility index (Phi) is 7.07. The van der Waals surface area contributed by atoms with E-state index in [0.29, 0.717) is 33.1 Å². The zero-order chi connectivity index (χ0) is 28.7. The van der Waals surface area contributed by atoms with E-state index in [-0.39, 0.29) is 16.9 Å². The maximum atomic E-state index is 13.6. The Morgan fingerprint density at radius 1 is 0.975 bits per heavy atom. The smallest absolute Gasteiger partial charge is 0.390 e. The van der Waals surface area contributed by atoms with Crippen LogP contribution in [-0.2, 0) is 18.3 Å². The number of aliphatic hydroxyl groups is 1. The fourth-order valence-electron chi connectivity index (χ4n) is 4.49. The van der Waals surface area contributed by atoms with Gasteiger partial charge in [0.15, 0.2) is 5.65 Å². The third-order valence-electron chi connectivity index (χ3n) is 6.47. The van der Waals surface area contributed by atoms with E-state index in [1.54, 1.807) is 62.5 Å². The monoisotopic (exact) mass is 565 g/mol. The number of pyridine rings is 1. The molecule has 3 aromatic heterocycles. The number of fused-ring (bicyclic) bond motifs is 1. The molecule has 2 aromatic carbocycles. The van der Waals surface area contributed by atoms with E-state index in [1.165, 1.54) is 22.8 Å². The Morgan fingerprint density at radius 3 is 2.30 bits per heavy atom. The summed E-state index contributed by atoms with van der Waals surface area (Å²) >= 11 is 6.48. The number of carbonyl (C=O) groups is 1. The van der Waals surface area contributed by atoms with Gasteiger partial charge < -0.3 is 10.4 Å². The number of nitrogens with one attached hydrogen (secondary N) is 1. The number of aromatic nitrogens is 4. The zero-order valence-electron chi connectivity index (χ0n) is 21.4. The van der Waals surface area contributed by atoms with Gasteiger partial charge in [-0.15, -0.1) is 0 Å². The molecule has 0 aliphatic rings. The number of halogens is 4. The molecule has 2 N–H and O–H groups in total. The van der Waals surface area contributed by atoms with Crippen molar-refractivity contribution < 1.29 is 23.1 Å². The number of nitrogens with zero attached hydrogens (tertiary/aromatic N) is 4. The van der Waals surface area contributed by atoms with Crippen molar-refractivity contribution in [3.63, 3.8) is 0 Å². The SMILES string of the molecule is CC(C)(NC(=O)c1c(CO)nn2c(-c3ccc(C(F)(F)F)cc3)c(-c3ccccc3Cl)cnc12)c1ccccn1. The van der Waals surface area contributed by atoms with Crippen LogP contribution in [0.5, 0.6) is 0 Å². The first-order valence-electron chi connectivity index (χ1n) is 12.2. The molecule has 0 radical (unpaired) electrons. The van der Waals surface area contributed by atoms with E-state index in [0.717, 1.165) is 12.1 Å². The maximum absolute atomic E-state index is 13.6. The largest absolute Gasteiger partial charge is 0.416 e. The average molecular weight is 566 g/mol. The molecule has 0 saturated heterocycles. The second-order valence-electron chi connectivity index (χ2n) is 9.58. The molecule has 7 nitrogen and oxygen atoms in total. The summed E-state index contributed by atoms with van der Waals surface area (Å²) < 4.78 is 41.3. The lowest BCUT2D eigenvalue weighted by Crippen LogP contribution is -2.41. The van der Waals surface area contributed by atoms with Crippen molar-refractivity contribution in [2.24, 2.45) is 0 Å². The second-order valence-corrected chi connectivity index (χ2v) is 9.99. The molecule has 0 spiro atoms. The highest BCUT2D eigenvalue weighted by Gasteiger charge is 2.32. The first kappa shape index (κ1) is 27.3. The Morgan fingerprint density at radius 2 is 1.68 bits per heavy atom. The summed E-state index contributed by atoms with van der Waals surface area (Å²) in [7, 11) is 0. The number of aliphatic hydroxyl groups excluding tert-OH is 1. The molecule has 0 atom stereocenters. The second kappa shape index (κ2) is 10.4. The number of amides is 1. The Bertz CT molecular complexity index is 1700. The van der Waals surface area contributed by atoms with E-state index in [9.17, 15) is 23.1 Å². The minimum absolute atomic E-state index is 0.0328. The van der Waals surface area contributed by atoms with Crippen molar-refractivity contribution in [1.29, 1.82) is 0 Å². The highest BCUT2D eigenvalue weighted by Crippen LogP contribution is 2.38. The summed E-state index contributed by atoms with van der Waals surface area (Å²) in [6, 6.07) is 16.9. The van der Waals surface area contributed by atoms with Gasteiger partial charge in [-0.2, -0.15) is 18.3 Å². The van der Waals surface area contributed by atoms with Gasteiger partial charge in [0.1, 0.15) is 11.3 Å². The summed E-state index contributed by atoms with van der Waals surface area (Å²) in [6.07, 6.45) is -1.40. The quantitative estimate of drug-likeness (QED) is 0.252. The first-order chi connectivity index (χ1) is 19.0. The van der Waals surface area contributed by atoms with Crippen LogP contribution in [0, 0.1) is 0 Å². The molecule has 0 aliphatic heterocycles. The average Bonchev–Trinajstić information content (AvgIpc) is 3.32. The molecule has 0 unspecified atom stereocenters. The van der Waals surface area contributed by atoms with E-state index in [2.05, 4.69) is 20.4 Å². The van der Waals surface area contributed by atoms with Crippen LogP contribution in [0.1, 0.15) is 41.2 Å². The fourth-order valence-corrected chi connectivity index (χ4v) is 4.72. The molecule has 0 aliphatic carbocycles. The molecule has 1 amide bonds. The highest BCUT2D eigenvalue weighted by atomic mass is 35.5. The van der Waals surface area contributed by atoms with Crippen LogP contribution in [0.4, 0.5) is 13.2 Å². The van der Waals surface area contributed by atoms with Crippen molar-refractivity contribution in [3.8, 4) is 22.4 Å².